The Morgan fingerprint density at radius 1 is 1.20 bits per heavy atom. The minimum atomic E-state index is -1.19. The fourth-order valence-corrected chi connectivity index (χ4v) is 2.21. The van der Waals surface area contributed by atoms with Crippen LogP contribution in [0.3, 0.4) is 0 Å². The van der Waals surface area contributed by atoms with Crippen LogP contribution in [0.5, 0.6) is 0 Å². The quantitative estimate of drug-likeness (QED) is 0.875. The van der Waals surface area contributed by atoms with E-state index in [1.165, 1.54) is 4.90 Å². The molecular formula is C14H19F3N2O. The molecule has 0 bridgehead atoms. The minimum absolute atomic E-state index is 0.157. The normalized spacial score (nSPS) is 10.9. The highest BCUT2D eigenvalue weighted by molar-refractivity contribution is 5.95. The van der Waals surface area contributed by atoms with Gasteiger partial charge in [0.05, 0.1) is 0 Å². The van der Waals surface area contributed by atoms with Crippen LogP contribution >= 0.6 is 0 Å². The van der Waals surface area contributed by atoms with E-state index in [2.05, 4.69) is 0 Å². The monoisotopic (exact) mass is 288 g/mol. The SMILES string of the molecule is CCC(CC)N(CCN)C(=O)c1c(F)cc(F)cc1F. The van der Waals surface area contributed by atoms with Crippen LogP contribution in [0.15, 0.2) is 12.1 Å². The van der Waals surface area contributed by atoms with Crippen molar-refractivity contribution in [1.82, 2.24) is 4.90 Å². The highest BCUT2D eigenvalue weighted by Crippen LogP contribution is 2.19. The Bertz CT molecular complexity index is 452. The Kier molecular flexibility index (Phi) is 6.01. The molecule has 1 aromatic carbocycles. The van der Waals surface area contributed by atoms with Gasteiger partial charge < -0.3 is 10.6 Å². The summed E-state index contributed by atoms with van der Waals surface area (Å²) >= 11 is 0. The Hall–Kier alpha value is -1.56. The van der Waals surface area contributed by atoms with E-state index in [9.17, 15) is 18.0 Å². The van der Waals surface area contributed by atoms with Crippen LogP contribution in [0.4, 0.5) is 13.2 Å². The lowest BCUT2D eigenvalue weighted by Crippen LogP contribution is -2.43. The Balaban J connectivity index is 3.19. The van der Waals surface area contributed by atoms with Crippen molar-refractivity contribution in [3.05, 3.63) is 35.1 Å². The van der Waals surface area contributed by atoms with Crippen molar-refractivity contribution in [2.75, 3.05) is 13.1 Å². The van der Waals surface area contributed by atoms with Crippen LogP contribution in [0, 0.1) is 17.5 Å². The first-order valence-corrected chi connectivity index (χ1v) is 6.61. The molecule has 0 atom stereocenters. The molecule has 0 radical (unpaired) electrons. The van der Waals surface area contributed by atoms with Gasteiger partial charge in [0.1, 0.15) is 23.0 Å². The lowest BCUT2D eigenvalue weighted by molar-refractivity contribution is 0.0664. The zero-order valence-corrected chi connectivity index (χ0v) is 11.6. The van der Waals surface area contributed by atoms with Gasteiger partial charge >= 0.3 is 0 Å². The summed E-state index contributed by atoms with van der Waals surface area (Å²) in [7, 11) is 0. The maximum absolute atomic E-state index is 13.7. The number of carbonyl (C=O) groups excluding carboxylic acids is 1. The molecule has 1 aromatic rings. The summed E-state index contributed by atoms with van der Waals surface area (Å²) in [6.45, 7) is 4.14. The third kappa shape index (κ3) is 3.50. The topological polar surface area (TPSA) is 46.3 Å². The lowest BCUT2D eigenvalue weighted by atomic mass is 10.1. The van der Waals surface area contributed by atoms with Gasteiger partial charge in [-0.1, -0.05) is 13.8 Å². The summed E-state index contributed by atoms with van der Waals surface area (Å²) in [6.07, 6.45) is 1.29. The van der Waals surface area contributed by atoms with Crippen molar-refractivity contribution < 1.29 is 18.0 Å². The maximum atomic E-state index is 13.7. The van der Waals surface area contributed by atoms with E-state index >= 15 is 0 Å². The van der Waals surface area contributed by atoms with E-state index in [4.69, 9.17) is 5.73 Å². The van der Waals surface area contributed by atoms with Crippen molar-refractivity contribution >= 4 is 5.91 Å². The molecule has 0 aromatic heterocycles. The van der Waals surface area contributed by atoms with Crippen molar-refractivity contribution in [2.45, 2.75) is 32.7 Å². The zero-order chi connectivity index (χ0) is 15.3. The van der Waals surface area contributed by atoms with Crippen LogP contribution in [0.2, 0.25) is 0 Å². The molecular weight excluding hydrogens is 269 g/mol. The molecule has 20 heavy (non-hydrogen) atoms. The second-order valence-corrected chi connectivity index (χ2v) is 4.50. The number of halogens is 3. The van der Waals surface area contributed by atoms with Gasteiger partial charge in [0.2, 0.25) is 0 Å². The van der Waals surface area contributed by atoms with E-state index < -0.39 is 28.9 Å². The van der Waals surface area contributed by atoms with Crippen molar-refractivity contribution in [3.63, 3.8) is 0 Å². The summed E-state index contributed by atoms with van der Waals surface area (Å²) in [5.74, 6) is -4.23. The van der Waals surface area contributed by atoms with Gasteiger partial charge in [-0.2, -0.15) is 0 Å². The van der Waals surface area contributed by atoms with Crippen LogP contribution in [0.1, 0.15) is 37.0 Å². The number of rotatable bonds is 6. The number of nitrogens with zero attached hydrogens (tertiary/aromatic N) is 1. The highest BCUT2D eigenvalue weighted by Gasteiger charge is 2.27. The molecule has 112 valence electrons. The predicted octanol–water partition coefficient (Wildman–Crippen LogP) is 2.69. The van der Waals surface area contributed by atoms with Crippen LogP contribution < -0.4 is 5.73 Å². The first-order valence-electron chi connectivity index (χ1n) is 6.61. The van der Waals surface area contributed by atoms with Gasteiger partial charge in [-0.05, 0) is 12.8 Å². The van der Waals surface area contributed by atoms with Gasteiger partial charge in [-0.25, -0.2) is 13.2 Å². The number of hydrogen-bond acceptors (Lipinski definition) is 2. The fourth-order valence-electron chi connectivity index (χ4n) is 2.21. The Morgan fingerprint density at radius 3 is 2.10 bits per heavy atom. The lowest BCUT2D eigenvalue weighted by Gasteiger charge is -2.30. The Morgan fingerprint density at radius 2 is 1.70 bits per heavy atom. The zero-order valence-electron chi connectivity index (χ0n) is 11.6. The van der Waals surface area contributed by atoms with E-state index in [0.717, 1.165) is 0 Å². The van der Waals surface area contributed by atoms with E-state index in [-0.39, 0.29) is 19.1 Å². The molecule has 0 fully saturated rings. The van der Waals surface area contributed by atoms with Crippen molar-refractivity contribution in [3.8, 4) is 0 Å². The summed E-state index contributed by atoms with van der Waals surface area (Å²) < 4.78 is 40.2. The number of carbonyl (C=O) groups is 1. The minimum Gasteiger partial charge on any atom is -0.334 e. The molecule has 6 heteroatoms. The number of benzene rings is 1. The number of hydrogen-bond donors (Lipinski definition) is 1. The number of amides is 1. The molecule has 0 aliphatic carbocycles. The second kappa shape index (κ2) is 7.28. The van der Waals surface area contributed by atoms with Gasteiger partial charge in [-0.15, -0.1) is 0 Å². The molecule has 3 nitrogen and oxygen atoms in total. The molecule has 0 heterocycles. The van der Waals surface area contributed by atoms with Crippen molar-refractivity contribution in [1.29, 1.82) is 0 Å². The van der Waals surface area contributed by atoms with Crippen LogP contribution in [-0.2, 0) is 0 Å². The molecule has 0 aliphatic heterocycles. The van der Waals surface area contributed by atoms with Gasteiger partial charge in [0.25, 0.3) is 5.91 Å². The summed E-state index contributed by atoms with van der Waals surface area (Å²) in [5.41, 5.74) is 4.72. The first-order chi connectivity index (χ1) is 9.46. The molecule has 0 saturated carbocycles. The summed E-state index contributed by atoms with van der Waals surface area (Å²) in [5, 5.41) is 0. The smallest absolute Gasteiger partial charge is 0.260 e. The predicted molar refractivity (Wildman–Crippen MR) is 70.8 cm³/mol. The van der Waals surface area contributed by atoms with E-state index in [1.54, 1.807) is 0 Å². The van der Waals surface area contributed by atoms with Crippen molar-refractivity contribution in [2.24, 2.45) is 5.73 Å². The molecule has 1 amide bonds. The van der Waals surface area contributed by atoms with E-state index in [1.807, 2.05) is 13.8 Å². The molecule has 0 spiro atoms. The molecule has 0 aliphatic rings. The second-order valence-electron chi connectivity index (χ2n) is 4.50. The summed E-state index contributed by atoms with van der Waals surface area (Å²) in [4.78, 5) is 13.7. The number of nitrogens with two attached hydrogens (primary N) is 1. The third-order valence-electron chi connectivity index (χ3n) is 3.23. The third-order valence-corrected chi connectivity index (χ3v) is 3.23. The summed E-state index contributed by atoms with van der Waals surface area (Å²) in [6, 6.07) is 0.850. The Labute approximate surface area is 116 Å². The fraction of sp³-hybridized carbons (Fsp3) is 0.500. The molecule has 0 unspecified atom stereocenters. The first kappa shape index (κ1) is 16.5. The van der Waals surface area contributed by atoms with Gasteiger partial charge in [0.15, 0.2) is 0 Å². The van der Waals surface area contributed by atoms with Gasteiger partial charge in [0, 0.05) is 31.3 Å². The molecule has 1 rings (SSSR count). The van der Waals surface area contributed by atoms with Gasteiger partial charge in [-0.3, -0.25) is 4.79 Å². The van der Waals surface area contributed by atoms with E-state index in [0.29, 0.717) is 25.0 Å². The molecule has 0 saturated heterocycles. The standard InChI is InChI=1S/C14H19F3N2O/c1-3-10(4-2)19(6-5-18)14(20)13-11(16)7-9(15)8-12(13)17/h7-8,10H,3-6,18H2,1-2H3. The highest BCUT2D eigenvalue weighted by atomic mass is 19.1. The average Bonchev–Trinajstić information content (AvgIpc) is 2.37. The van der Waals surface area contributed by atoms with Crippen LogP contribution in [0.25, 0.3) is 0 Å². The largest absolute Gasteiger partial charge is 0.334 e. The molecule has 2 N–H and O–H groups in total. The average molecular weight is 288 g/mol. The van der Waals surface area contributed by atoms with Crippen LogP contribution in [-0.4, -0.2) is 29.9 Å². The maximum Gasteiger partial charge on any atom is 0.260 e.